The summed E-state index contributed by atoms with van der Waals surface area (Å²) >= 11 is 0. The fraction of sp³-hybridized carbons (Fsp3) is 0.250. The van der Waals surface area contributed by atoms with Crippen molar-refractivity contribution in [3.05, 3.63) is 66.2 Å². The molecule has 178 valence electrons. The van der Waals surface area contributed by atoms with E-state index in [1.165, 1.54) is 47.8 Å². The molecule has 0 radical (unpaired) electrons. The van der Waals surface area contributed by atoms with Crippen LogP contribution in [0.3, 0.4) is 0 Å². The van der Waals surface area contributed by atoms with Gasteiger partial charge in [0.15, 0.2) is 11.5 Å². The number of methoxy groups -OCH3 is 1. The van der Waals surface area contributed by atoms with Crippen molar-refractivity contribution in [3.8, 4) is 17.2 Å². The number of ether oxygens (including phenoxy) is 3. The molecule has 0 bridgehead atoms. The van der Waals surface area contributed by atoms with E-state index in [1.807, 2.05) is 0 Å². The van der Waals surface area contributed by atoms with Crippen LogP contribution in [0.25, 0.3) is 0 Å². The molecular weight excluding hydrogens is 478 g/mol. The summed E-state index contributed by atoms with van der Waals surface area (Å²) in [5.74, 6) is 1.40. The van der Waals surface area contributed by atoms with E-state index in [1.54, 1.807) is 31.2 Å². The van der Waals surface area contributed by atoms with Crippen molar-refractivity contribution in [3.63, 3.8) is 0 Å². The zero-order valence-electron chi connectivity index (χ0n) is 18.6. The van der Waals surface area contributed by atoms with E-state index < -0.39 is 19.9 Å². The second-order valence-electron chi connectivity index (χ2n) is 8.13. The highest BCUT2D eigenvalue weighted by Gasteiger charge is 2.37. The van der Waals surface area contributed by atoms with Gasteiger partial charge in [-0.05, 0) is 67.4 Å². The molecule has 3 aromatic rings. The van der Waals surface area contributed by atoms with E-state index in [-0.39, 0.29) is 20.7 Å². The molecular formula is C24H23NO7S2. The van der Waals surface area contributed by atoms with Gasteiger partial charge < -0.3 is 14.2 Å². The maximum absolute atomic E-state index is 13.5. The normalized spacial score (nSPS) is 17.4. The summed E-state index contributed by atoms with van der Waals surface area (Å²) in [7, 11) is -6.34. The number of sulfone groups is 1. The fourth-order valence-corrected chi connectivity index (χ4v) is 7.26. The number of hydrogen-bond donors (Lipinski definition) is 0. The van der Waals surface area contributed by atoms with Crippen molar-refractivity contribution in [2.45, 2.75) is 34.1 Å². The van der Waals surface area contributed by atoms with Crippen molar-refractivity contribution in [2.24, 2.45) is 0 Å². The lowest BCUT2D eigenvalue weighted by Crippen LogP contribution is -2.35. The van der Waals surface area contributed by atoms with Gasteiger partial charge in [-0.3, -0.25) is 4.31 Å². The molecule has 3 aromatic carbocycles. The molecule has 1 unspecified atom stereocenters. The first-order chi connectivity index (χ1) is 16.2. The molecule has 34 heavy (non-hydrogen) atoms. The van der Waals surface area contributed by atoms with E-state index in [4.69, 9.17) is 14.2 Å². The summed E-state index contributed by atoms with van der Waals surface area (Å²) in [5, 5.41) is 0. The topological polar surface area (TPSA) is 99.2 Å². The van der Waals surface area contributed by atoms with Crippen LogP contribution in [0.5, 0.6) is 17.2 Å². The molecule has 8 nitrogen and oxygen atoms in total. The van der Waals surface area contributed by atoms with Gasteiger partial charge >= 0.3 is 0 Å². The van der Waals surface area contributed by atoms with Crippen LogP contribution < -0.4 is 18.5 Å². The Hall–Kier alpha value is -3.24. The summed E-state index contributed by atoms with van der Waals surface area (Å²) in [6.45, 7) is 2.54. The highest BCUT2D eigenvalue weighted by molar-refractivity contribution is 7.93. The van der Waals surface area contributed by atoms with E-state index in [9.17, 15) is 16.8 Å². The first-order valence-electron chi connectivity index (χ1n) is 10.7. The molecule has 0 saturated heterocycles. The van der Waals surface area contributed by atoms with Crippen LogP contribution in [-0.2, 0) is 26.3 Å². The molecule has 2 heterocycles. The molecule has 0 aliphatic carbocycles. The first-order valence-corrected chi connectivity index (χ1v) is 13.6. The molecule has 10 heteroatoms. The number of fused-ring (bicyclic) bond motifs is 2. The van der Waals surface area contributed by atoms with Crippen molar-refractivity contribution in [1.29, 1.82) is 0 Å². The van der Waals surface area contributed by atoms with Crippen molar-refractivity contribution in [1.82, 2.24) is 0 Å². The maximum Gasteiger partial charge on any atom is 0.264 e. The fourth-order valence-electron chi connectivity index (χ4n) is 4.28. The first kappa shape index (κ1) is 22.5. The van der Waals surface area contributed by atoms with Crippen LogP contribution >= 0.6 is 0 Å². The number of hydrogen-bond acceptors (Lipinski definition) is 7. The Bertz CT molecular complexity index is 1470. The van der Waals surface area contributed by atoms with E-state index in [0.717, 1.165) is 5.56 Å². The minimum atomic E-state index is -3.93. The number of anilines is 1. The van der Waals surface area contributed by atoms with Gasteiger partial charge in [-0.2, -0.15) is 0 Å². The molecule has 0 amide bonds. The van der Waals surface area contributed by atoms with Crippen LogP contribution in [-0.4, -0.2) is 43.2 Å². The van der Waals surface area contributed by atoms with Crippen molar-refractivity contribution < 1.29 is 31.0 Å². The summed E-state index contributed by atoms with van der Waals surface area (Å²) in [6.07, 6.45) is 0.481. The van der Waals surface area contributed by atoms with Crippen LogP contribution in [0.2, 0.25) is 0 Å². The van der Waals surface area contributed by atoms with E-state index in [2.05, 4.69) is 0 Å². The molecule has 0 N–H and O–H groups in total. The minimum Gasteiger partial charge on any atom is -0.497 e. The van der Waals surface area contributed by atoms with Gasteiger partial charge in [0.2, 0.25) is 9.84 Å². The zero-order chi connectivity index (χ0) is 24.1. The van der Waals surface area contributed by atoms with Crippen LogP contribution in [0.1, 0.15) is 12.5 Å². The summed E-state index contributed by atoms with van der Waals surface area (Å²) in [6, 6.07) is 14.9. The van der Waals surface area contributed by atoms with Crippen molar-refractivity contribution >= 4 is 25.5 Å². The standard InChI is InChI=1S/C24H23NO7S2/c1-16-13-17-3-6-20(33(26,27)21-9-10-23-24(15-21)32-12-11-31-23)14-22(17)25(16)34(28,29)19-7-4-18(30-2)5-8-19/h3-10,14-16H,11-13H2,1-2H3. The monoisotopic (exact) mass is 501 g/mol. The largest absolute Gasteiger partial charge is 0.497 e. The molecule has 0 spiro atoms. The van der Waals surface area contributed by atoms with Crippen LogP contribution in [0.15, 0.2) is 75.4 Å². The number of nitrogens with zero attached hydrogens (tertiary/aromatic N) is 1. The molecule has 1 atom stereocenters. The summed E-state index contributed by atoms with van der Waals surface area (Å²) in [4.78, 5) is 0.160. The average molecular weight is 502 g/mol. The van der Waals surface area contributed by atoms with Gasteiger partial charge in [0.1, 0.15) is 19.0 Å². The zero-order valence-corrected chi connectivity index (χ0v) is 20.2. The lowest BCUT2D eigenvalue weighted by molar-refractivity contribution is 0.171. The molecule has 2 aliphatic heterocycles. The Morgan fingerprint density at radius 3 is 2.15 bits per heavy atom. The maximum atomic E-state index is 13.5. The Morgan fingerprint density at radius 1 is 0.824 bits per heavy atom. The van der Waals surface area contributed by atoms with Gasteiger partial charge in [0, 0.05) is 12.1 Å². The molecule has 5 rings (SSSR count). The summed E-state index contributed by atoms with van der Waals surface area (Å²) in [5.41, 5.74) is 1.13. The van der Waals surface area contributed by atoms with Crippen molar-refractivity contribution in [2.75, 3.05) is 24.6 Å². The number of sulfonamides is 1. The van der Waals surface area contributed by atoms with Gasteiger partial charge in [-0.1, -0.05) is 6.07 Å². The Labute approximate surface area is 198 Å². The lowest BCUT2D eigenvalue weighted by atomic mass is 10.1. The third-order valence-corrected chi connectivity index (χ3v) is 9.65. The average Bonchev–Trinajstić information content (AvgIpc) is 3.19. The molecule has 0 fully saturated rings. The predicted molar refractivity (Wildman–Crippen MR) is 125 cm³/mol. The van der Waals surface area contributed by atoms with Gasteiger partial charge in [0.05, 0.1) is 27.5 Å². The smallest absolute Gasteiger partial charge is 0.264 e. The second-order valence-corrected chi connectivity index (χ2v) is 11.9. The van der Waals surface area contributed by atoms with E-state index in [0.29, 0.717) is 42.6 Å². The molecule has 2 aliphatic rings. The highest BCUT2D eigenvalue weighted by Crippen LogP contribution is 2.40. The number of benzene rings is 3. The third-order valence-electron chi connectivity index (χ3n) is 5.96. The quantitative estimate of drug-likeness (QED) is 0.528. The highest BCUT2D eigenvalue weighted by atomic mass is 32.2. The van der Waals surface area contributed by atoms with Gasteiger partial charge in [-0.15, -0.1) is 0 Å². The van der Waals surface area contributed by atoms with E-state index >= 15 is 0 Å². The predicted octanol–water partition coefficient (Wildman–Crippen LogP) is 3.44. The Morgan fingerprint density at radius 2 is 1.44 bits per heavy atom. The number of rotatable bonds is 5. The van der Waals surface area contributed by atoms with Crippen LogP contribution in [0.4, 0.5) is 5.69 Å². The minimum absolute atomic E-state index is 0.00644. The Balaban J connectivity index is 1.55. The molecule has 0 aromatic heterocycles. The second kappa shape index (κ2) is 8.21. The summed E-state index contributed by atoms with van der Waals surface area (Å²) < 4.78 is 71.3. The third kappa shape index (κ3) is 3.67. The molecule has 0 saturated carbocycles. The van der Waals surface area contributed by atoms with Crippen LogP contribution in [0, 0.1) is 0 Å². The van der Waals surface area contributed by atoms with Gasteiger partial charge in [0.25, 0.3) is 10.0 Å². The SMILES string of the molecule is COc1ccc(S(=O)(=O)N2c3cc(S(=O)(=O)c4ccc5c(c4)OCCO5)ccc3CC2C)cc1. The lowest BCUT2D eigenvalue weighted by Gasteiger charge is -2.25. The van der Waals surface area contributed by atoms with Gasteiger partial charge in [-0.25, -0.2) is 16.8 Å². The Kier molecular flexibility index (Phi) is 5.44.